The molecular formula is C14H15ClN4O. The first-order valence-electron chi connectivity index (χ1n) is 6.27. The largest absolute Gasteiger partial charge is 0.369 e. The Bertz CT molecular complexity index is 569. The highest BCUT2D eigenvalue weighted by atomic mass is 35.5. The molecule has 1 heterocycles. The van der Waals surface area contributed by atoms with Gasteiger partial charge in [0.1, 0.15) is 11.5 Å². The molecule has 2 N–H and O–H groups in total. The topological polar surface area (TPSA) is 66.9 Å². The van der Waals surface area contributed by atoms with Crippen LogP contribution in [0.15, 0.2) is 36.7 Å². The van der Waals surface area contributed by atoms with Crippen molar-refractivity contribution in [2.24, 2.45) is 0 Å². The first-order valence-corrected chi connectivity index (χ1v) is 6.65. The summed E-state index contributed by atoms with van der Waals surface area (Å²) in [6.07, 6.45) is 3.00. The third kappa shape index (κ3) is 3.93. The van der Waals surface area contributed by atoms with Gasteiger partial charge in [-0.1, -0.05) is 23.7 Å². The highest BCUT2D eigenvalue weighted by Gasteiger charge is 2.07. The van der Waals surface area contributed by atoms with E-state index in [0.29, 0.717) is 23.1 Å². The van der Waals surface area contributed by atoms with Crippen LogP contribution < -0.4 is 10.6 Å². The van der Waals surface area contributed by atoms with Crippen LogP contribution in [0.5, 0.6) is 0 Å². The predicted octanol–water partition coefficient (Wildman–Crippen LogP) is 2.49. The maximum absolute atomic E-state index is 11.9. The Morgan fingerprint density at radius 1 is 1.20 bits per heavy atom. The lowest BCUT2D eigenvalue weighted by atomic mass is 10.2. The van der Waals surface area contributed by atoms with Crippen LogP contribution in [0.3, 0.4) is 0 Å². The van der Waals surface area contributed by atoms with Gasteiger partial charge in [-0.25, -0.2) is 9.97 Å². The minimum absolute atomic E-state index is 0.254. The van der Waals surface area contributed by atoms with E-state index in [0.717, 1.165) is 12.1 Å². The van der Waals surface area contributed by atoms with Crippen molar-refractivity contribution in [2.45, 2.75) is 13.5 Å². The van der Waals surface area contributed by atoms with Gasteiger partial charge in [0, 0.05) is 18.1 Å². The Kier molecular flexibility index (Phi) is 4.90. The molecule has 0 bridgehead atoms. The molecular weight excluding hydrogens is 276 g/mol. The average molecular weight is 291 g/mol. The zero-order valence-electron chi connectivity index (χ0n) is 11.1. The lowest BCUT2D eigenvalue weighted by molar-refractivity contribution is 0.0945. The van der Waals surface area contributed by atoms with Gasteiger partial charge in [0.05, 0.1) is 12.4 Å². The highest BCUT2D eigenvalue weighted by molar-refractivity contribution is 6.30. The number of hydrogen-bond acceptors (Lipinski definition) is 4. The highest BCUT2D eigenvalue weighted by Crippen LogP contribution is 2.09. The maximum atomic E-state index is 11.9. The Morgan fingerprint density at radius 2 is 1.95 bits per heavy atom. The van der Waals surface area contributed by atoms with E-state index in [9.17, 15) is 4.79 Å². The summed E-state index contributed by atoms with van der Waals surface area (Å²) < 4.78 is 0. The summed E-state index contributed by atoms with van der Waals surface area (Å²) in [6.45, 7) is 3.15. The first kappa shape index (κ1) is 14.3. The number of nitrogens with zero attached hydrogens (tertiary/aromatic N) is 2. The van der Waals surface area contributed by atoms with E-state index in [1.165, 1.54) is 6.20 Å². The van der Waals surface area contributed by atoms with Crippen molar-refractivity contribution >= 4 is 23.3 Å². The van der Waals surface area contributed by atoms with Crippen LogP contribution >= 0.6 is 11.6 Å². The van der Waals surface area contributed by atoms with Gasteiger partial charge in [0.25, 0.3) is 5.91 Å². The molecule has 0 saturated carbocycles. The molecule has 0 aliphatic carbocycles. The summed E-state index contributed by atoms with van der Waals surface area (Å²) >= 11 is 5.80. The molecule has 20 heavy (non-hydrogen) atoms. The molecule has 6 heteroatoms. The minimum Gasteiger partial charge on any atom is -0.369 e. The van der Waals surface area contributed by atoms with Crippen molar-refractivity contribution in [3.8, 4) is 0 Å². The minimum atomic E-state index is -0.254. The summed E-state index contributed by atoms with van der Waals surface area (Å²) in [5.41, 5.74) is 1.26. The molecule has 0 spiro atoms. The number of halogens is 1. The Hall–Kier alpha value is -2.14. The molecule has 2 aromatic rings. The summed E-state index contributed by atoms with van der Waals surface area (Å²) in [6, 6.07) is 7.30. The molecule has 0 unspecified atom stereocenters. The summed E-state index contributed by atoms with van der Waals surface area (Å²) in [4.78, 5) is 20.1. The Balaban J connectivity index is 1.92. The van der Waals surface area contributed by atoms with E-state index in [-0.39, 0.29) is 5.91 Å². The molecule has 1 aromatic carbocycles. The molecule has 0 fully saturated rings. The van der Waals surface area contributed by atoms with E-state index >= 15 is 0 Å². The standard InChI is InChI=1S/C14H15ClN4O/c1-2-16-13-9-17-12(8-18-13)14(20)19-7-10-3-5-11(15)6-4-10/h3-6,8-9H,2,7H2,1H3,(H,16,18)(H,19,20). The summed E-state index contributed by atoms with van der Waals surface area (Å²) in [5.74, 6) is 0.400. The van der Waals surface area contributed by atoms with Crippen molar-refractivity contribution in [1.82, 2.24) is 15.3 Å². The molecule has 0 saturated heterocycles. The van der Waals surface area contributed by atoms with E-state index in [4.69, 9.17) is 11.6 Å². The second-order valence-electron chi connectivity index (χ2n) is 4.13. The second kappa shape index (κ2) is 6.86. The third-order valence-electron chi connectivity index (χ3n) is 2.61. The molecule has 1 aromatic heterocycles. The number of hydrogen-bond donors (Lipinski definition) is 2. The van der Waals surface area contributed by atoms with Crippen molar-refractivity contribution < 1.29 is 4.79 Å². The van der Waals surface area contributed by atoms with Gasteiger partial charge in [0.15, 0.2) is 0 Å². The van der Waals surface area contributed by atoms with Crippen LogP contribution in [-0.2, 0) is 6.54 Å². The molecule has 0 aliphatic heterocycles. The zero-order valence-corrected chi connectivity index (χ0v) is 11.8. The molecule has 5 nitrogen and oxygen atoms in total. The molecule has 2 rings (SSSR count). The Morgan fingerprint density at radius 3 is 2.55 bits per heavy atom. The quantitative estimate of drug-likeness (QED) is 0.888. The summed E-state index contributed by atoms with van der Waals surface area (Å²) in [5, 5.41) is 6.47. The van der Waals surface area contributed by atoms with E-state index < -0.39 is 0 Å². The van der Waals surface area contributed by atoms with Crippen LogP contribution in [0.1, 0.15) is 23.0 Å². The predicted molar refractivity (Wildman–Crippen MR) is 78.8 cm³/mol. The second-order valence-corrected chi connectivity index (χ2v) is 4.56. The molecule has 0 aliphatic rings. The van der Waals surface area contributed by atoms with Crippen LogP contribution in [0.4, 0.5) is 5.82 Å². The summed E-state index contributed by atoms with van der Waals surface area (Å²) in [7, 11) is 0. The molecule has 0 radical (unpaired) electrons. The lowest BCUT2D eigenvalue weighted by Crippen LogP contribution is -2.24. The van der Waals surface area contributed by atoms with Gasteiger partial charge >= 0.3 is 0 Å². The van der Waals surface area contributed by atoms with Gasteiger partial charge in [-0.15, -0.1) is 0 Å². The fourth-order valence-electron chi connectivity index (χ4n) is 1.59. The maximum Gasteiger partial charge on any atom is 0.271 e. The number of carbonyl (C=O) groups excluding carboxylic acids is 1. The SMILES string of the molecule is CCNc1cnc(C(=O)NCc2ccc(Cl)cc2)cn1. The van der Waals surface area contributed by atoms with Crippen molar-refractivity contribution in [3.05, 3.63) is 52.9 Å². The number of rotatable bonds is 5. The first-order chi connectivity index (χ1) is 9.69. The molecule has 0 atom stereocenters. The third-order valence-corrected chi connectivity index (χ3v) is 2.86. The lowest BCUT2D eigenvalue weighted by Gasteiger charge is -2.06. The van der Waals surface area contributed by atoms with Crippen LogP contribution in [0.25, 0.3) is 0 Å². The number of amides is 1. The van der Waals surface area contributed by atoms with E-state index in [1.54, 1.807) is 18.3 Å². The van der Waals surface area contributed by atoms with Gasteiger partial charge < -0.3 is 10.6 Å². The van der Waals surface area contributed by atoms with Crippen LogP contribution in [-0.4, -0.2) is 22.4 Å². The van der Waals surface area contributed by atoms with E-state index in [2.05, 4.69) is 20.6 Å². The van der Waals surface area contributed by atoms with Gasteiger partial charge in [-0.3, -0.25) is 4.79 Å². The smallest absolute Gasteiger partial charge is 0.271 e. The van der Waals surface area contributed by atoms with Crippen LogP contribution in [0.2, 0.25) is 5.02 Å². The van der Waals surface area contributed by atoms with Gasteiger partial charge in [-0.2, -0.15) is 0 Å². The van der Waals surface area contributed by atoms with Crippen molar-refractivity contribution in [2.75, 3.05) is 11.9 Å². The number of benzene rings is 1. The number of anilines is 1. The zero-order chi connectivity index (χ0) is 14.4. The van der Waals surface area contributed by atoms with Crippen LogP contribution in [0, 0.1) is 0 Å². The monoisotopic (exact) mass is 290 g/mol. The van der Waals surface area contributed by atoms with Crippen molar-refractivity contribution in [1.29, 1.82) is 0 Å². The molecule has 104 valence electrons. The van der Waals surface area contributed by atoms with Gasteiger partial charge in [-0.05, 0) is 24.6 Å². The van der Waals surface area contributed by atoms with Crippen molar-refractivity contribution in [3.63, 3.8) is 0 Å². The number of aromatic nitrogens is 2. The fourth-order valence-corrected chi connectivity index (χ4v) is 1.72. The number of nitrogens with one attached hydrogen (secondary N) is 2. The molecule has 1 amide bonds. The number of carbonyl (C=O) groups is 1. The Labute approximate surface area is 122 Å². The average Bonchev–Trinajstić information content (AvgIpc) is 2.47. The fraction of sp³-hybridized carbons (Fsp3) is 0.214. The van der Waals surface area contributed by atoms with Gasteiger partial charge in [0.2, 0.25) is 0 Å². The van der Waals surface area contributed by atoms with E-state index in [1.807, 2.05) is 19.1 Å². The normalized spacial score (nSPS) is 10.1.